The van der Waals surface area contributed by atoms with E-state index >= 15 is 0 Å². The zero-order chi connectivity index (χ0) is 24.0. The fraction of sp³-hybridized carbons (Fsp3) is 0.136. The molecular weight excluding hydrogens is 466 g/mol. The van der Waals surface area contributed by atoms with Gasteiger partial charge in [0.1, 0.15) is 4.21 Å². The number of benzene rings is 2. The van der Waals surface area contributed by atoms with E-state index in [4.69, 9.17) is 14.2 Å². The number of anilines is 1. The smallest absolute Gasteiger partial charge is 0.271 e. The van der Waals surface area contributed by atoms with Crippen LogP contribution in [0.25, 0.3) is 5.70 Å². The maximum atomic E-state index is 12.5. The summed E-state index contributed by atoms with van der Waals surface area (Å²) in [7, 11) is 0.855. The molecule has 3 N–H and O–H groups in total. The Morgan fingerprint density at radius 2 is 1.55 bits per heavy atom. The van der Waals surface area contributed by atoms with Crippen LogP contribution >= 0.6 is 11.3 Å². The molecule has 0 aliphatic heterocycles. The fourth-order valence-electron chi connectivity index (χ4n) is 2.84. The van der Waals surface area contributed by atoms with Crippen molar-refractivity contribution in [2.45, 2.75) is 4.21 Å². The molecule has 0 fully saturated rings. The SMILES string of the molecule is C=C(NNC(=O)c1ccc(NS(=O)(=O)c2cccs2)cc1)c1cc(OC)c(OC)c(OC)c1. The summed E-state index contributed by atoms with van der Waals surface area (Å²) in [4.78, 5) is 12.5. The van der Waals surface area contributed by atoms with E-state index in [0.717, 1.165) is 11.3 Å². The van der Waals surface area contributed by atoms with Gasteiger partial charge in [-0.05, 0) is 47.8 Å². The van der Waals surface area contributed by atoms with Gasteiger partial charge >= 0.3 is 0 Å². The number of carbonyl (C=O) groups is 1. The summed E-state index contributed by atoms with van der Waals surface area (Å²) < 4.78 is 43.2. The Balaban J connectivity index is 1.64. The molecule has 0 atom stereocenters. The summed E-state index contributed by atoms with van der Waals surface area (Å²) in [5.41, 5.74) is 6.97. The Bertz CT molecular complexity index is 1210. The van der Waals surface area contributed by atoms with Gasteiger partial charge in [0.05, 0.1) is 27.0 Å². The molecule has 11 heteroatoms. The van der Waals surface area contributed by atoms with Crippen molar-refractivity contribution >= 4 is 38.7 Å². The van der Waals surface area contributed by atoms with Crippen LogP contribution in [0.3, 0.4) is 0 Å². The van der Waals surface area contributed by atoms with E-state index in [1.165, 1.54) is 51.7 Å². The molecule has 3 rings (SSSR count). The Morgan fingerprint density at radius 3 is 2.06 bits per heavy atom. The van der Waals surface area contributed by atoms with Crippen LogP contribution in [0.1, 0.15) is 15.9 Å². The van der Waals surface area contributed by atoms with Gasteiger partial charge in [0, 0.05) is 16.8 Å². The lowest BCUT2D eigenvalue weighted by atomic mass is 10.1. The Labute approximate surface area is 196 Å². The van der Waals surface area contributed by atoms with Crippen LogP contribution in [0, 0.1) is 0 Å². The molecule has 174 valence electrons. The van der Waals surface area contributed by atoms with Crippen molar-refractivity contribution in [2.24, 2.45) is 0 Å². The number of rotatable bonds is 10. The maximum absolute atomic E-state index is 12.5. The van der Waals surface area contributed by atoms with Gasteiger partial charge in [0.25, 0.3) is 15.9 Å². The van der Waals surface area contributed by atoms with Gasteiger partial charge in [-0.1, -0.05) is 12.6 Å². The van der Waals surface area contributed by atoms with Crippen LogP contribution in [-0.4, -0.2) is 35.7 Å². The van der Waals surface area contributed by atoms with E-state index in [0.29, 0.717) is 39.8 Å². The minimum atomic E-state index is -3.66. The van der Waals surface area contributed by atoms with Crippen molar-refractivity contribution in [3.63, 3.8) is 0 Å². The molecular formula is C22H23N3O6S2. The molecule has 0 saturated carbocycles. The minimum absolute atomic E-state index is 0.207. The fourth-order valence-corrected chi connectivity index (χ4v) is 4.89. The zero-order valence-corrected chi connectivity index (χ0v) is 19.8. The Morgan fingerprint density at radius 1 is 0.909 bits per heavy atom. The van der Waals surface area contributed by atoms with Crippen LogP contribution < -0.4 is 29.8 Å². The summed E-state index contributed by atoms with van der Waals surface area (Å²) in [6, 6.07) is 12.6. The number of hydrogen-bond acceptors (Lipinski definition) is 8. The zero-order valence-electron chi connectivity index (χ0n) is 18.2. The highest BCUT2D eigenvalue weighted by atomic mass is 32.2. The minimum Gasteiger partial charge on any atom is -0.493 e. The summed E-state index contributed by atoms with van der Waals surface area (Å²) in [6.07, 6.45) is 0. The first-order valence-corrected chi connectivity index (χ1v) is 11.9. The van der Waals surface area contributed by atoms with Crippen molar-refractivity contribution < 1.29 is 27.4 Å². The summed E-state index contributed by atoms with van der Waals surface area (Å²) in [5.74, 6) is 0.898. The molecule has 0 aliphatic carbocycles. The largest absolute Gasteiger partial charge is 0.493 e. The van der Waals surface area contributed by atoms with Crippen LogP contribution in [-0.2, 0) is 10.0 Å². The van der Waals surface area contributed by atoms with E-state index in [2.05, 4.69) is 22.2 Å². The molecule has 0 unspecified atom stereocenters. The van der Waals surface area contributed by atoms with E-state index in [-0.39, 0.29) is 4.21 Å². The first kappa shape index (κ1) is 24.0. The lowest BCUT2D eigenvalue weighted by molar-refractivity contribution is 0.0942. The number of hydrazine groups is 1. The van der Waals surface area contributed by atoms with Crippen molar-refractivity contribution in [2.75, 3.05) is 26.1 Å². The third kappa shape index (κ3) is 5.57. The van der Waals surface area contributed by atoms with Crippen LogP contribution in [0.4, 0.5) is 5.69 Å². The Hall–Kier alpha value is -3.70. The van der Waals surface area contributed by atoms with Gasteiger partial charge in [-0.15, -0.1) is 11.3 Å². The maximum Gasteiger partial charge on any atom is 0.271 e. The molecule has 33 heavy (non-hydrogen) atoms. The second-order valence-electron chi connectivity index (χ2n) is 6.59. The first-order chi connectivity index (χ1) is 15.8. The quantitative estimate of drug-likeness (QED) is 0.374. The van der Waals surface area contributed by atoms with Gasteiger partial charge in [0.2, 0.25) is 5.75 Å². The summed E-state index contributed by atoms with van der Waals surface area (Å²) >= 11 is 1.12. The predicted molar refractivity (Wildman–Crippen MR) is 127 cm³/mol. The van der Waals surface area contributed by atoms with E-state index in [9.17, 15) is 13.2 Å². The molecule has 0 spiro atoms. The highest BCUT2D eigenvalue weighted by molar-refractivity contribution is 7.94. The van der Waals surface area contributed by atoms with Crippen LogP contribution in [0.5, 0.6) is 17.2 Å². The van der Waals surface area contributed by atoms with Crippen LogP contribution in [0.15, 0.2) is 64.7 Å². The second kappa shape index (κ2) is 10.3. The number of carbonyl (C=O) groups excluding carboxylic acids is 1. The van der Waals surface area contributed by atoms with Crippen molar-refractivity contribution in [3.8, 4) is 17.2 Å². The van der Waals surface area contributed by atoms with Crippen molar-refractivity contribution in [3.05, 3.63) is 71.6 Å². The molecule has 3 aromatic rings. The molecule has 1 heterocycles. The molecule has 9 nitrogen and oxygen atoms in total. The number of sulfonamides is 1. The summed E-state index contributed by atoms with van der Waals surface area (Å²) in [6.45, 7) is 3.92. The van der Waals surface area contributed by atoms with Gasteiger partial charge < -0.3 is 14.2 Å². The van der Waals surface area contributed by atoms with Gasteiger partial charge in [0.15, 0.2) is 11.5 Å². The van der Waals surface area contributed by atoms with E-state index in [1.54, 1.807) is 23.6 Å². The highest BCUT2D eigenvalue weighted by Crippen LogP contribution is 2.39. The average molecular weight is 490 g/mol. The molecule has 0 radical (unpaired) electrons. The Kier molecular flexibility index (Phi) is 7.46. The van der Waals surface area contributed by atoms with E-state index in [1.807, 2.05) is 0 Å². The molecule has 1 amide bonds. The third-order valence-electron chi connectivity index (χ3n) is 4.50. The lowest BCUT2D eigenvalue weighted by Gasteiger charge is -2.16. The van der Waals surface area contributed by atoms with Gasteiger partial charge in [-0.3, -0.25) is 20.4 Å². The molecule has 2 aromatic carbocycles. The topological polar surface area (TPSA) is 115 Å². The molecule has 0 bridgehead atoms. The van der Waals surface area contributed by atoms with Crippen molar-refractivity contribution in [1.29, 1.82) is 0 Å². The van der Waals surface area contributed by atoms with Crippen molar-refractivity contribution in [1.82, 2.24) is 10.9 Å². The second-order valence-corrected chi connectivity index (χ2v) is 9.44. The summed E-state index contributed by atoms with van der Waals surface area (Å²) in [5, 5.41) is 1.68. The number of amides is 1. The number of nitrogens with one attached hydrogen (secondary N) is 3. The number of thiophene rings is 1. The van der Waals surface area contributed by atoms with Gasteiger partial charge in [-0.25, -0.2) is 8.42 Å². The molecule has 0 aliphatic rings. The molecule has 1 aromatic heterocycles. The monoisotopic (exact) mass is 489 g/mol. The number of ether oxygens (including phenoxy) is 3. The third-order valence-corrected chi connectivity index (χ3v) is 7.28. The normalized spacial score (nSPS) is 10.8. The highest BCUT2D eigenvalue weighted by Gasteiger charge is 2.17. The average Bonchev–Trinajstić information content (AvgIpc) is 3.37. The standard InChI is InChI=1S/C22H23N3O6S2/c1-14(16-12-18(29-2)21(31-4)19(13-16)30-3)23-24-22(26)15-7-9-17(10-8-15)25-33(27,28)20-6-5-11-32-20/h5-13,23,25H,1H2,2-4H3,(H,24,26). The molecule has 0 saturated heterocycles. The lowest BCUT2D eigenvalue weighted by Crippen LogP contribution is -2.35. The predicted octanol–water partition coefficient (Wildman–Crippen LogP) is 3.48. The number of hydrogen-bond donors (Lipinski definition) is 3. The van der Waals surface area contributed by atoms with Gasteiger partial charge in [-0.2, -0.15) is 0 Å². The first-order valence-electron chi connectivity index (χ1n) is 9.51. The van der Waals surface area contributed by atoms with E-state index < -0.39 is 15.9 Å². The van der Waals surface area contributed by atoms with Crippen LogP contribution in [0.2, 0.25) is 0 Å². The number of methoxy groups -OCH3 is 3.